The van der Waals surface area contributed by atoms with Gasteiger partial charge in [-0.25, -0.2) is 0 Å². The molecule has 0 aliphatic heterocycles. The van der Waals surface area contributed by atoms with Crippen molar-refractivity contribution in [3.05, 3.63) is 107 Å². The molecule has 3 aromatic rings. The zero-order valence-corrected chi connectivity index (χ0v) is 14.8. The van der Waals surface area contributed by atoms with E-state index in [0.717, 1.165) is 11.1 Å². The third-order valence-electron chi connectivity index (χ3n) is 4.03. The Bertz CT molecular complexity index is 1020. The van der Waals surface area contributed by atoms with E-state index in [-0.39, 0.29) is 5.91 Å². The monoisotopic (exact) mass is 350 g/mol. The molecular weight excluding hydrogens is 332 g/mol. The second-order valence-corrected chi connectivity index (χ2v) is 6.04. The van der Waals surface area contributed by atoms with Gasteiger partial charge in [-0.05, 0) is 41.5 Å². The SMILES string of the molecule is N#Cc1ccc(CNC(=O)c2cccc(C#CCc3ccccc3)c2)cc1. The van der Waals surface area contributed by atoms with Crippen LogP contribution in [0.2, 0.25) is 0 Å². The van der Waals surface area contributed by atoms with Gasteiger partial charge in [-0.15, -0.1) is 0 Å². The van der Waals surface area contributed by atoms with Gasteiger partial charge in [0.05, 0.1) is 11.6 Å². The molecule has 0 spiro atoms. The topological polar surface area (TPSA) is 52.9 Å². The summed E-state index contributed by atoms with van der Waals surface area (Å²) in [6, 6.07) is 26.6. The standard InChI is InChI=1S/C24H18N2O/c25-17-21-12-14-22(15-13-21)18-26-24(27)23-11-5-10-20(16-23)9-4-8-19-6-2-1-3-7-19/h1-3,5-7,10-16H,8,18H2,(H,26,27). The fourth-order valence-corrected chi connectivity index (χ4v) is 2.56. The maximum absolute atomic E-state index is 12.4. The highest BCUT2D eigenvalue weighted by Gasteiger charge is 2.05. The lowest BCUT2D eigenvalue weighted by Gasteiger charge is -2.06. The average Bonchev–Trinajstić information content (AvgIpc) is 2.73. The van der Waals surface area contributed by atoms with Crippen LogP contribution in [0.3, 0.4) is 0 Å². The predicted octanol–water partition coefficient (Wildman–Crippen LogP) is 4.08. The first kappa shape index (κ1) is 18.0. The Balaban J connectivity index is 1.60. The first-order chi connectivity index (χ1) is 13.2. The van der Waals surface area contributed by atoms with Gasteiger partial charge in [-0.1, -0.05) is 60.4 Å². The van der Waals surface area contributed by atoms with E-state index in [1.807, 2.05) is 54.6 Å². The number of nitrogens with zero attached hydrogens (tertiary/aromatic N) is 1. The quantitative estimate of drug-likeness (QED) is 0.721. The van der Waals surface area contributed by atoms with Gasteiger partial charge in [-0.2, -0.15) is 5.26 Å². The Labute approximate surface area is 159 Å². The highest BCUT2D eigenvalue weighted by atomic mass is 16.1. The van der Waals surface area contributed by atoms with Crippen molar-refractivity contribution in [2.45, 2.75) is 13.0 Å². The van der Waals surface area contributed by atoms with Crippen LogP contribution in [-0.2, 0) is 13.0 Å². The summed E-state index contributed by atoms with van der Waals surface area (Å²) in [6.07, 6.45) is 0.677. The van der Waals surface area contributed by atoms with Crippen LogP contribution in [0.1, 0.15) is 32.6 Å². The van der Waals surface area contributed by atoms with Crippen molar-refractivity contribution in [1.82, 2.24) is 5.32 Å². The molecule has 0 saturated heterocycles. The number of nitrogens with one attached hydrogen (secondary N) is 1. The summed E-state index contributed by atoms with van der Waals surface area (Å²) >= 11 is 0. The molecule has 0 aliphatic rings. The lowest BCUT2D eigenvalue weighted by atomic mass is 10.1. The fraction of sp³-hybridized carbons (Fsp3) is 0.0833. The van der Waals surface area contributed by atoms with Crippen LogP contribution in [0.5, 0.6) is 0 Å². The Kier molecular flexibility index (Phi) is 6.02. The minimum atomic E-state index is -0.147. The molecule has 3 rings (SSSR count). The number of nitriles is 1. The number of benzene rings is 3. The lowest BCUT2D eigenvalue weighted by molar-refractivity contribution is 0.0951. The van der Waals surface area contributed by atoms with E-state index in [9.17, 15) is 4.79 Å². The largest absolute Gasteiger partial charge is 0.348 e. The van der Waals surface area contributed by atoms with Crippen molar-refractivity contribution in [2.75, 3.05) is 0 Å². The molecule has 27 heavy (non-hydrogen) atoms. The van der Waals surface area contributed by atoms with Crippen LogP contribution in [0.4, 0.5) is 0 Å². The zero-order chi connectivity index (χ0) is 18.9. The lowest BCUT2D eigenvalue weighted by Crippen LogP contribution is -2.22. The molecule has 0 bridgehead atoms. The van der Waals surface area contributed by atoms with Crippen LogP contribution in [0, 0.1) is 23.2 Å². The first-order valence-corrected chi connectivity index (χ1v) is 8.65. The summed E-state index contributed by atoms with van der Waals surface area (Å²) in [5.74, 6) is 6.11. The highest BCUT2D eigenvalue weighted by molar-refractivity contribution is 5.94. The smallest absolute Gasteiger partial charge is 0.251 e. The Hall–Kier alpha value is -3.82. The third-order valence-corrected chi connectivity index (χ3v) is 4.03. The molecule has 0 fully saturated rings. The van der Waals surface area contributed by atoms with Crippen LogP contribution in [0.25, 0.3) is 0 Å². The highest BCUT2D eigenvalue weighted by Crippen LogP contribution is 2.07. The van der Waals surface area contributed by atoms with Crippen molar-refractivity contribution in [3.8, 4) is 17.9 Å². The summed E-state index contributed by atoms with van der Waals surface area (Å²) in [5, 5.41) is 11.7. The number of carbonyl (C=O) groups is 1. The van der Waals surface area contributed by atoms with Gasteiger partial charge in [0.25, 0.3) is 5.91 Å². The summed E-state index contributed by atoms with van der Waals surface area (Å²) in [6.45, 7) is 0.411. The second kappa shape index (κ2) is 9.04. The Morgan fingerprint density at radius 2 is 1.63 bits per heavy atom. The van der Waals surface area contributed by atoms with E-state index in [0.29, 0.717) is 24.1 Å². The van der Waals surface area contributed by atoms with Crippen LogP contribution < -0.4 is 5.32 Å². The zero-order valence-electron chi connectivity index (χ0n) is 14.8. The van der Waals surface area contributed by atoms with Gasteiger partial charge < -0.3 is 5.32 Å². The molecule has 3 heteroatoms. The molecule has 0 aromatic heterocycles. The van der Waals surface area contributed by atoms with Crippen molar-refractivity contribution in [3.63, 3.8) is 0 Å². The second-order valence-electron chi connectivity index (χ2n) is 6.04. The van der Waals surface area contributed by atoms with Gasteiger partial charge in [0.2, 0.25) is 0 Å². The average molecular weight is 350 g/mol. The van der Waals surface area contributed by atoms with E-state index in [1.54, 1.807) is 24.3 Å². The van der Waals surface area contributed by atoms with Crippen molar-refractivity contribution >= 4 is 5.91 Å². The molecule has 1 N–H and O–H groups in total. The molecule has 130 valence electrons. The summed E-state index contributed by atoms with van der Waals surface area (Å²) in [7, 11) is 0. The minimum absolute atomic E-state index is 0.147. The molecule has 3 aromatic carbocycles. The number of carbonyl (C=O) groups excluding carboxylic acids is 1. The summed E-state index contributed by atoms with van der Waals surface area (Å²) in [4.78, 5) is 12.4. The summed E-state index contributed by atoms with van der Waals surface area (Å²) < 4.78 is 0. The van der Waals surface area contributed by atoms with E-state index < -0.39 is 0 Å². The van der Waals surface area contributed by atoms with Crippen LogP contribution in [-0.4, -0.2) is 5.91 Å². The molecule has 3 nitrogen and oxygen atoms in total. The molecule has 0 unspecified atom stereocenters. The van der Waals surface area contributed by atoms with E-state index in [1.165, 1.54) is 5.56 Å². The normalized spacial score (nSPS) is 9.59. The van der Waals surface area contributed by atoms with Gasteiger partial charge >= 0.3 is 0 Å². The third kappa shape index (κ3) is 5.33. The molecule has 0 saturated carbocycles. The number of rotatable bonds is 4. The Morgan fingerprint density at radius 3 is 2.37 bits per heavy atom. The molecule has 0 aliphatic carbocycles. The molecular formula is C24H18N2O. The summed E-state index contributed by atoms with van der Waals surface area (Å²) in [5.41, 5.74) is 4.11. The van der Waals surface area contributed by atoms with Crippen LogP contribution >= 0.6 is 0 Å². The molecule has 0 radical (unpaired) electrons. The van der Waals surface area contributed by atoms with Gasteiger partial charge in [0.15, 0.2) is 0 Å². The van der Waals surface area contributed by atoms with Crippen LogP contribution in [0.15, 0.2) is 78.9 Å². The van der Waals surface area contributed by atoms with Gasteiger partial charge in [0, 0.05) is 24.1 Å². The van der Waals surface area contributed by atoms with Crippen molar-refractivity contribution in [2.24, 2.45) is 0 Å². The van der Waals surface area contributed by atoms with E-state index in [4.69, 9.17) is 5.26 Å². The minimum Gasteiger partial charge on any atom is -0.348 e. The number of hydrogen-bond acceptors (Lipinski definition) is 2. The van der Waals surface area contributed by atoms with Gasteiger partial charge in [0.1, 0.15) is 0 Å². The molecule has 0 atom stereocenters. The van der Waals surface area contributed by atoms with E-state index >= 15 is 0 Å². The maximum Gasteiger partial charge on any atom is 0.251 e. The number of hydrogen-bond donors (Lipinski definition) is 1. The number of amides is 1. The molecule has 1 amide bonds. The molecule has 0 heterocycles. The van der Waals surface area contributed by atoms with Crippen molar-refractivity contribution in [1.29, 1.82) is 5.26 Å². The first-order valence-electron chi connectivity index (χ1n) is 8.65. The maximum atomic E-state index is 12.4. The van der Waals surface area contributed by atoms with Gasteiger partial charge in [-0.3, -0.25) is 4.79 Å². The van der Waals surface area contributed by atoms with E-state index in [2.05, 4.69) is 23.2 Å². The predicted molar refractivity (Wildman–Crippen MR) is 106 cm³/mol. The van der Waals surface area contributed by atoms with Crippen molar-refractivity contribution < 1.29 is 4.79 Å². The fourth-order valence-electron chi connectivity index (χ4n) is 2.56. The Morgan fingerprint density at radius 1 is 0.852 bits per heavy atom.